The van der Waals surface area contributed by atoms with Crippen LogP contribution in [-0.2, 0) is 24.1 Å². The summed E-state index contributed by atoms with van der Waals surface area (Å²) in [5, 5.41) is 0. The van der Waals surface area contributed by atoms with Crippen LogP contribution >= 0.6 is 0 Å². The molecule has 0 aromatic carbocycles. The first-order valence-corrected chi connectivity index (χ1v) is 4.76. The van der Waals surface area contributed by atoms with Crippen LogP contribution in [0.2, 0.25) is 0 Å². The molecule has 1 aromatic heterocycles. The summed E-state index contributed by atoms with van der Waals surface area (Å²) in [7, 11) is 0. The zero-order valence-electron chi connectivity index (χ0n) is 8.53. The number of alkyl halides is 3. The van der Waals surface area contributed by atoms with Crippen LogP contribution in [0, 0.1) is 0 Å². The third kappa shape index (κ3) is 1.66. The van der Waals surface area contributed by atoms with Crippen molar-refractivity contribution in [1.29, 1.82) is 0 Å². The number of carbonyl (C=O) groups excluding carboxylic acids is 1. The van der Waals surface area contributed by atoms with Crippen LogP contribution in [0.15, 0.2) is 6.20 Å². The molecule has 0 aliphatic carbocycles. The number of hydrogen-bond acceptors (Lipinski definition) is 2. The minimum Gasteiger partial charge on any atom is -0.335 e. The van der Waals surface area contributed by atoms with E-state index in [4.69, 9.17) is 0 Å². The standard InChI is InChI=1S/C9H10F3N3O/c1-6-3-15-7(4-14(6)5-16)2-13-8(15)9(10,11)12/h2,5-6H,3-4H2,1H3. The maximum atomic E-state index is 12.5. The van der Waals surface area contributed by atoms with E-state index in [-0.39, 0.29) is 19.1 Å². The molecule has 0 saturated carbocycles. The van der Waals surface area contributed by atoms with Crippen molar-refractivity contribution >= 4 is 6.41 Å². The molecule has 1 aliphatic rings. The van der Waals surface area contributed by atoms with Gasteiger partial charge in [0.2, 0.25) is 12.2 Å². The van der Waals surface area contributed by atoms with Gasteiger partial charge < -0.3 is 9.47 Å². The quantitative estimate of drug-likeness (QED) is 0.685. The van der Waals surface area contributed by atoms with Crippen molar-refractivity contribution in [3.05, 3.63) is 17.7 Å². The first-order valence-electron chi connectivity index (χ1n) is 4.76. The maximum absolute atomic E-state index is 12.5. The van der Waals surface area contributed by atoms with Gasteiger partial charge in [0.1, 0.15) is 0 Å². The summed E-state index contributed by atoms with van der Waals surface area (Å²) in [4.78, 5) is 15.5. The van der Waals surface area contributed by atoms with Gasteiger partial charge in [0.05, 0.1) is 18.4 Å². The Morgan fingerprint density at radius 2 is 2.25 bits per heavy atom. The molecule has 1 aliphatic heterocycles. The molecule has 2 heterocycles. The van der Waals surface area contributed by atoms with Gasteiger partial charge in [-0.05, 0) is 6.92 Å². The molecule has 0 radical (unpaired) electrons. The first-order chi connectivity index (χ1) is 7.43. The van der Waals surface area contributed by atoms with Crippen molar-refractivity contribution in [3.8, 4) is 0 Å². The number of imidazole rings is 1. The van der Waals surface area contributed by atoms with Gasteiger partial charge in [-0.15, -0.1) is 0 Å². The lowest BCUT2D eigenvalue weighted by atomic mass is 10.2. The second-order valence-electron chi connectivity index (χ2n) is 3.81. The van der Waals surface area contributed by atoms with Crippen molar-refractivity contribution in [3.63, 3.8) is 0 Å². The zero-order chi connectivity index (χ0) is 11.9. The molecule has 0 bridgehead atoms. The highest BCUT2D eigenvalue weighted by Crippen LogP contribution is 2.31. The normalized spacial score (nSPS) is 20.8. The van der Waals surface area contributed by atoms with E-state index in [1.807, 2.05) is 0 Å². The van der Waals surface area contributed by atoms with E-state index in [0.717, 1.165) is 4.57 Å². The van der Waals surface area contributed by atoms with Crippen LogP contribution in [0.25, 0.3) is 0 Å². The Bertz CT molecular complexity index is 413. The Morgan fingerprint density at radius 3 is 2.81 bits per heavy atom. The molecule has 1 amide bonds. The molecule has 0 spiro atoms. The largest absolute Gasteiger partial charge is 0.449 e. The van der Waals surface area contributed by atoms with Crippen LogP contribution in [0.1, 0.15) is 18.4 Å². The molecule has 1 aromatic rings. The van der Waals surface area contributed by atoms with Gasteiger partial charge in [0.15, 0.2) is 0 Å². The van der Waals surface area contributed by atoms with Crippen LogP contribution in [0.3, 0.4) is 0 Å². The number of nitrogens with zero attached hydrogens (tertiary/aromatic N) is 3. The Labute approximate surface area is 89.7 Å². The van der Waals surface area contributed by atoms with Crippen molar-refractivity contribution in [2.24, 2.45) is 0 Å². The van der Waals surface area contributed by atoms with E-state index >= 15 is 0 Å². The Kier molecular flexibility index (Phi) is 2.40. The summed E-state index contributed by atoms with van der Waals surface area (Å²) < 4.78 is 38.8. The summed E-state index contributed by atoms with van der Waals surface area (Å²) >= 11 is 0. The minimum absolute atomic E-state index is 0.128. The second-order valence-corrected chi connectivity index (χ2v) is 3.81. The highest BCUT2D eigenvalue weighted by atomic mass is 19.4. The second kappa shape index (κ2) is 3.50. The molecule has 1 atom stereocenters. The predicted molar refractivity (Wildman–Crippen MR) is 48.3 cm³/mol. The van der Waals surface area contributed by atoms with Crippen molar-refractivity contribution in [1.82, 2.24) is 14.5 Å². The fourth-order valence-electron chi connectivity index (χ4n) is 1.82. The van der Waals surface area contributed by atoms with Gasteiger partial charge in [-0.25, -0.2) is 4.98 Å². The molecule has 1 unspecified atom stereocenters. The Hall–Kier alpha value is -1.53. The van der Waals surface area contributed by atoms with Crippen LogP contribution in [0.4, 0.5) is 13.2 Å². The van der Waals surface area contributed by atoms with E-state index in [2.05, 4.69) is 4.98 Å². The highest BCUT2D eigenvalue weighted by molar-refractivity contribution is 5.48. The van der Waals surface area contributed by atoms with Crippen molar-refractivity contribution in [2.45, 2.75) is 32.2 Å². The summed E-state index contributed by atoms with van der Waals surface area (Å²) in [6, 6.07) is -0.250. The molecule has 0 N–H and O–H groups in total. The lowest BCUT2D eigenvalue weighted by Gasteiger charge is -2.32. The Morgan fingerprint density at radius 1 is 1.56 bits per heavy atom. The molecule has 2 rings (SSSR count). The molecule has 7 heteroatoms. The van der Waals surface area contributed by atoms with Gasteiger partial charge in [0, 0.05) is 12.6 Å². The van der Waals surface area contributed by atoms with Gasteiger partial charge in [-0.3, -0.25) is 4.79 Å². The smallest absolute Gasteiger partial charge is 0.335 e. The van der Waals surface area contributed by atoms with Gasteiger partial charge in [-0.1, -0.05) is 0 Å². The van der Waals surface area contributed by atoms with Gasteiger partial charge in [0.25, 0.3) is 0 Å². The number of amides is 1. The average Bonchev–Trinajstić information content (AvgIpc) is 2.58. The highest BCUT2D eigenvalue weighted by Gasteiger charge is 2.39. The zero-order valence-corrected chi connectivity index (χ0v) is 8.53. The fraction of sp³-hybridized carbons (Fsp3) is 0.556. The number of aromatic nitrogens is 2. The summed E-state index contributed by atoms with van der Waals surface area (Å²) in [6.45, 7) is 2.01. The van der Waals surface area contributed by atoms with Crippen molar-refractivity contribution in [2.75, 3.05) is 0 Å². The van der Waals surface area contributed by atoms with Crippen LogP contribution in [0.5, 0.6) is 0 Å². The molecular formula is C9H10F3N3O. The monoisotopic (exact) mass is 233 g/mol. The van der Waals surface area contributed by atoms with Gasteiger partial charge in [-0.2, -0.15) is 13.2 Å². The van der Waals surface area contributed by atoms with Gasteiger partial charge >= 0.3 is 6.18 Å². The van der Waals surface area contributed by atoms with E-state index in [1.54, 1.807) is 6.92 Å². The topological polar surface area (TPSA) is 38.1 Å². The third-order valence-electron chi connectivity index (χ3n) is 2.68. The average molecular weight is 233 g/mol. The molecule has 4 nitrogen and oxygen atoms in total. The maximum Gasteiger partial charge on any atom is 0.449 e. The first kappa shape index (κ1) is 11.0. The molecular weight excluding hydrogens is 223 g/mol. The lowest BCUT2D eigenvalue weighted by molar-refractivity contribution is -0.148. The summed E-state index contributed by atoms with van der Waals surface area (Å²) in [5.41, 5.74) is 0.414. The number of carbonyl (C=O) groups is 1. The summed E-state index contributed by atoms with van der Waals surface area (Å²) in [5.74, 6) is -0.889. The Balaban J connectivity index is 2.38. The SMILES string of the molecule is CC1Cn2c(cnc2C(F)(F)F)CN1C=O. The summed E-state index contributed by atoms with van der Waals surface area (Å²) in [6.07, 6.45) is -2.62. The number of rotatable bonds is 1. The van der Waals surface area contributed by atoms with E-state index in [1.165, 1.54) is 11.1 Å². The van der Waals surface area contributed by atoms with E-state index < -0.39 is 12.0 Å². The fourth-order valence-corrected chi connectivity index (χ4v) is 1.82. The lowest BCUT2D eigenvalue weighted by Crippen LogP contribution is -2.41. The number of hydrogen-bond donors (Lipinski definition) is 0. The predicted octanol–water partition coefficient (Wildman–Crippen LogP) is 1.26. The third-order valence-corrected chi connectivity index (χ3v) is 2.68. The molecule has 16 heavy (non-hydrogen) atoms. The molecule has 0 saturated heterocycles. The van der Waals surface area contributed by atoms with E-state index in [0.29, 0.717) is 12.1 Å². The minimum atomic E-state index is -4.44. The molecule has 88 valence electrons. The van der Waals surface area contributed by atoms with Crippen molar-refractivity contribution < 1.29 is 18.0 Å². The van der Waals surface area contributed by atoms with E-state index in [9.17, 15) is 18.0 Å². The van der Waals surface area contributed by atoms with Crippen LogP contribution in [-0.4, -0.2) is 26.9 Å². The van der Waals surface area contributed by atoms with Crippen LogP contribution < -0.4 is 0 Å². The molecule has 0 fully saturated rings. The number of fused-ring (bicyclic) bond motifs is 1. The number of halogens is 3.